The number of thiophene rings is 1. The van der Waals surface area contributed by atoms with Crippen molar-refractivity contribution >= 4 is 39.2 Å². The molecular formula is C21H19N5O2S. The summed E-state index contributed by atoms with van der Waals surface area (Å²) < 4.78 is 1.74. The van der Waals surface area contributed by atoms with Gasteiger partial charge >= 0.3 is 0 Å². The van der Waals surface area contributed by atoms with Crippen LogP contribution in [0.15, 0.2) is 54.7 Å². The van der Waals surface area contributed by atoms with Crippen molar-refractivity contribution in [1.29, 1.82) is 0 Å². The zero-order valence-corrected chi connectivity index (χ0v) is 16.5. The second-order valence-electron chi connectivity index (χ2n) is 7.29. The molecule has 1 aliphatic rings. The summed E-state index contributed by atoms with van der Waals surface area (Å²) in [6.07, 6.45) is 3.68. The molecule has 0 unspecified atom stereocenters. The number of amides is 2. The summed E-state index contributed by atoms with van der Waals surface area (Å²) in [5.41, 5.74) is 1.40. The number of benzene rings is 1. The summed E-state index contributed by atoms with van der Waals surface area (Å²) in [5, 5.41) is 13.8. The van der Waals surface area contributed by atoms with Gasteiger partial charge in [0.15, 0.2) is 5.82 Å². The molecule has 29 heavy (non-hydrogen) atoms. The highest BCUT2D eigenvalue weighted by Crippen LogP contribution is 2.45. The second kappa shape index (κ2) is 6.59. The first-order valence-corrected chi connectivity index (χ1v) is 10.2. The van der Waals surface area contributed by atoms with E-state index in [4.69, 9.17) is 0 Å². The number of H-pyrrole nitrogens is 1. The van der Waals surface area contributed by atoms with Crippen LogP contribution in [0, 0.1) is 0 Å². The third-order valence-electron chi connectivity index (χ3n) is 5.32. The molecule has 1 fully saturated rings. The number of anilines is 1. The van der Waals surface area contributed by atoms with E-state index in [2.05, 4.69) is 20.8 Å². The summed E-state index contributed by atoms with van der Waals surface area (Å²) >= 11 is 1.33. The van der Waals surface area contributed by atoms with E-state index in [0.29, 0.717) is 16.4 Å². The summed E-state index contributed by atoms with van der Waals surface area (Å²) in [6, 6.07) is 15.4. The number of aromatic nitrogens is 3. The number of rotatable bonds is 5. The van der Waals surface area contributed by atoms with Crippen molar-refractivity contribution < 1.29 is 9.59 Å². The van der Waals surface area contributed by atoms with Crippen molar-refractivity contribution in [2.24, 2.45) is 7.05 Å². The van der Waals surface area contributed by atoms with Gasteiger partial charge in [0, 0.05) is 13.2 Å². The van der Waals surface area contributed by atoms with Crippen molar-refractivity contribution in [2.75, 3.05) is 5.32 Å². The van der Waals surface area contributed by atoms with Crippen LogP contribution < -0.4 is 10.6 Å². The van der Waals surface area contributed by atoms with Gasteiger partial charge < -0.3 is 15.2 Å². The predicted molar refractivity (Wildman–Crippen MR) is 112 cm³/mol. The number of nitrogens with zero attached hydrogens (tertiary/aromatic N) is 2. The van der Waals surface area contributed by atoms with Crippen molar-refractivity contribution in [2.45, 2.75) is 18.4 Å². The van der Waals surface area contributed by atoms with E-state index in [1.807, 2.05) is 49.6 Å². The van der Waals surface area contributed by atoms with Crippen LogP contribution in [-0.4, -0.2) is 26.6 Å². The molecule has 0 bridgehead atoms. The fourth-order valence-electron chi connectivity index (χ4n) is 3.54. The van der Waals surface area contributed by atoms with E-state index < -0.39 is 0 Å². The van der Waals surface area contributed by atoms with Crippen LogP contribution in [0.1, 0.15) is 38.6 Å². The normalized spacial score (nSPS) is 14.7. The molecule has 0 saturated heterocycles. The molecule has 8 heteroatoms. The standard InChI is InChI=1S/C21H19N5O2S/c1-26-11-5-8-15(26)18(27)22-17-14-12-16(29-20(14)25-24-17)19(28)23-21(9-10-21)13-6-3-2-4-7-13/h2-8,11-12H,9-10H2,1H3,(H,23,28)(H2,22,24,25,27). The van der Waals surface area contributed by atoms with Crippen molar-refractivity contribution in [1.82, 2.24) is 20.1 Å². The average molecular weight is 405 g/mol. The molecular weight excluding hydrogens is 386 g/mol. The van der Waals surface area contributed by atoms with Gasteiger partial charge in [0.25, 0.3) is 11.8 Å². The highest BCUT2D eigenvalue weighted by Gasteiger charge is 2.45. The molecule has 3 N–H and O–H groups in total. The predicted octanol–water partition coefficient (Wildman–Crippen LogP) is 3.63. The molecule has 1 aliphatic carbocycles. The molecule has 4 aromatic rings. The fraction of sp³-hybridized carbons (Fsp3) is 0.190. The molecule has 0 aliphatic heterocycles. The van der Waals surface area contributed by atoms with Crippen LogP contribution in [0.2, 0.25) is 0 Å². The van der Waals surface area contributed by atoms with Crippen LogP contribution in [0.25, 0.3) is 10.2 Å². The number of hydrogen-bond acceptors (Lipinski definition) is 4. The van der Waals surface area contributed by atoms with Crippen molar-refractivity contribution in [3.05, 3.63) is 70.9 Å². The molecule has 0 radical (unpaired) electrons. The third kappa shape index (κ3) is 3.11. The highest BCUT2D eigenvalue weighted by atomic mass is 32.1. The number of aromatic amines is 1. The van der Waals surface area contributed by atoms with Crippen molar-refractivity contribution in [3.8, 4) is 0 Å². The highest BCUT2D eigenvalue weighted by molar-refractivity contribution is 7.20. The maximum Gasteiger partial charge on any atom is 0.273 e. The Morgan fingerprint density at radius 1 is 1.14 bits per heavy atom. The van der Waals surface area contributed by atoms with Crippen LogP contribution in [-0.2, 0) is 12.6 Å². The molecule has 3 heterocycles. The topological polar surface area (TPSA) is 91.8 Å². The van der Waals surface area contributed by atoms with Gasteiger partial charge in [0.05, 0.1) is 15.8 Å². The minimum Gasteiger partial charge on any atom is -0.347 e. The number of carbonyl (C=O) groups is 2. The number of aryl methyl sites for hydroxylation is 1. The Bertz CT molecular complexity index is 1220. The molecule has 5 rings (SSSR count). The van der Waals surface area contributed by atoms with Crippen LogP contribution in [0.3, 0.4) is 0 Å². The molecule has 3 aromatic heterocycles. The number of hydrogen-bond donors (Lipinski definition) is 3. The van der Waals surface area contributed by atoms with E-state index in [1.165, 1.54) is 11.3 Å². The molecule has 7 nitrogen and oxygen atoms in total. The molecule has 0 atom stereocenters. The van der Waals surface area contributed by atoms with Gasteiger partial charge in [-0.15, -0.1) is 11.3 Å². The summed E-state index contributed by atoms with van der Waals surface area (Å²) in [6.45, 7) is 0. The minimum atomic E-state index is -0.266. The van der Waals surface area contributed by atoms with Gasteiger partial charge in [-0.3, -0.25) is 14.7 Å². The fourth-order valence-corrected chi connectivity index (χ4v) is 4.44. The first-order valence-electron chi connectivity index (χ1n) is 9.34. The van der Waals surface area contributed by atoms with Crippen molar-refractivity contribution in [3.63, 3.8) is 0 Å². The molecule has 1 aromatic carbocycles. The zero-order chi connectivity index (χ0) is 20.0. The number of carbonyl (C=O) groups excluding carboxylic acids is 2. The maximum absolute atomic E-state index is 12.9. The second-order valence-corrected chi connectivity index (χ2v) is 8.34. The number of nitrogens with one attached hydrogen (secondary N) is 3. The van der Waals surface area contributed by atoms with Gasteiger partial charge in [-0.1, -0.05) is 30.3 Å². The smallest absolute Gasteiger partial charge is 0.273 e. The van der Waals surface area contributed by atoms with Gasteiger partial charge in [-0.25, -0.2) is 0 Å². The van der Waals surface area contributed by atoms with Crippen LogP contribution >= 0.6 is 11.3 Å². The van der Waals surface area contributed by atoms with E-state index >= 15 is 0 Å². The van der Waals surface area contributed by atoms with E-state index in [0.717, 1.165) is 28.6 Å². The van der Waals surface area contributed by atoms with E-state index in [9.17, 15) is 9.59 Å². The van der Waals surface area contributed by atoms with Crippen LogP contribution in [0.5, 0.6) is 0 Å². The first kappa shape index (κ1) is 17.7. The average Bonchev–Trinajstić information content (AvgIpc) is 3.05. The maximum atomic E-state index is 12.9. The largest absolute Gasteiger partial charge is 0.347 e. The Kier molecular flexibility index (Phi) is 4.02. The Balaban J connectivity index is 1.36. The molecule has 0 spiro atoms. The van der Waals surface area contributed by atoms with Gasteiger partial charge in [0.2, 0.25) is 0 Å². The monoisotopic (exact) mass is 405 g/mol. The van der Waals surface area contributed by atoms with Gasteiger partial charge in [-0.05, 0) is 36.6 Å². The SMILES string of the molecule is Cn1cccc1C(=O)Nc1n[nH]c2sc(C(=O)NC3(c4ccccc4)CC3)cc12. The number of fused-ring (bicyclic) bond motifs is 1. The lowest BCUT2D eigenvalue weighted by molar-refractivity contribution is 0.0934. The third-order valence-corrected chi connectivity index (χ3v) is 6.36. The molecule has 1 saturated carbocycles. The van der Waals surface area contributed by atoms with Gasteiger partial charge in [0.1, 0.15) is 10.5 Å². The Labute approximate surface area is 170 Å². The molecule has 146 valence electrons. The van der Waals surface area contributed by atoms with Gasteiger partial charge in [-0.2, -0.15) is 5.10 Å². The Morgan fingerprint density at radius 2 is 1.93 bits per heavy atom. The summed E-state index contributed by atoms with van der Waals surface area (Å²) in [4.78, 5) is 26.7. The minimum absolute atomic E-state index is 0.110. The first-order chi connectivity index (χ1) is 14.1. The quantitative estimate of drug-likeness (QED) is 0.473. The van der Waals surface area contributed by atoms with E-state index in [-0.39, 0.29) is 17.4 Å². The lowest BCUT2D eigenvalue weighted by atomic mass is 10.1. The zero-order valence-electron chi connectivity index (χ0n) is 15.7. The lowest BCUT2D eigenvalue weighted by Gasteiger charge is -2.17. The van der Waals surface area contributed by atoms with Crippen LogP contribution in [0.4, 0.5) is 5.82 Å². The molecule has 2 amide bonds. The Morgan fingerprint density at radius 3 is 2.62 bits per heavy atom. The summed E-state index contributed by atoms with van der Waals surface area (Å²) in [7, 11) is 1.81. The Hall–Kier alpha value is -3.39. The summed E-state index contributed by atoms with van der Waals surface area (Å²) in [5.74, 6) is 0.0653. The van der Waals surface area contributed by atoms with E-state index in [1.54, 1.807) is 16.7 Å². The lowest BCUT2D eigenvalue weighted by Crippen LogP contribution is -2.34.